The lowest BCUT2D eigenvalue weighted by atomic mass is 9.95. The predicted octanol–water partition coefficient (Wildman–Crippen LogP) is 4.04. The number of Topliss-reactive ketones (excluding diaryl/α,β-unsaturated/α-hetero) is 1. The second kappa shape index (κ2) is 9.95. The molecule has 8 nitrogen and oxygen atoms in total. The average Bonchev–Trinajstić information content (AvgIpc) is 3.17. The van der Waals surface area contributed by atoms with Crippen LogP contribution in [0.5, 0.6) is 17.2 Å². The number of pyridine rings is 1. The van der Waals surface area contributed by atoms with Crippen molar-refractivity contribution in [1.29, 1.82) is 0 Å². The smallest absolute Gasteiger partial charge is 0.295 e. The SMILES string of the molecule is C=CCOc1ccc(C2C(=C(O)c3ccc4c(c3)OCCO4)C(=O)C(=O)N2Cc2cccnc2)cc1. The zero-order valence-electron chi connectivity index (χ0n) is 19.4. The lowest BCUT2D eigenvalue weighted by Crippen LogP contribution is -2.29. The van der Waals surface area contributed by atoms with Gasteiger partial charge in [-0.3, -0.25) is 14.6 Å². The Kier molecular flexibility index (Phi) is 6.40. The van der Waals surface area contributed by atoms with Crippen LogP contribution < -0.4 is 14.2 Å². The molecule has 1 unspecified atom stereocenters. The number of ether oxygens (including phenoxy) is 3. The molecule has 3 aromatic rings. The Labute approximate surface area is 208 Å². The van der Waals surface area contributed by atoms with E-state index in [1.807, 2.05) is 6.07 Å². The average molecular weight is 485 g/mol. The second-order valence-electron chi connectivity index (χ2n) is 8.32. The molecule has 1 aromatic heterocycles. The quantitative estimate of drug-likeness (QED) is 0.234. The van der Waals surface area contributed by atoms with Crippen molar-refractivity contribution in [3.8, 4) is 17.2 Å². The molecule has 1 saturated heterocycles. The van der Waals surface area contributed by atoms with E-state index in [1.54, 1.807) is 67.0 Å². The number of ketones is 1. The minimum atomic E-state index is -0.813. The van der Waals surface area contributed by atoms with Crippen molar-refractivity contribution in [3.05, 3.63) is 102 Å². The van der Waals surface area contributed by atoms with Crippen LogP contribution in [0.3, 0.4) is 0 Å². The molecule has 2 aliphatic rings. The monoisotopic (exact) mass is 484 g/mol. The standard InChI is InChI=1S/C28H24N2O6/c1-2-12-34-21-8-5-19(6-9-21)25-24(26(31)20-7-10-22-23(15-20)36-14-13-35-22)27(32)28(33)30(25)17-18-4-3-11-29-16-18/h2-11,15-16,25,31H,1,12-14,17H2. The number of aliphatic hydroxyl groups excluding tert-OH is 1. The Morgan fingerprint density at radius 2 is 1.89 bits per heavy atom. The first-order chi connectivity index (χ1) is 17.6. The number of hydrogen-bond acceptors (Lipinski definition) is 7. The van der Waals surface area contributed by atoms with Crippen molar-refractivity contribution in [3.63, 3.8) is 0 Å². The van der Waals surface area contributed by atoms with Crippen molar-refractivity contribution in [2.24, 2.45) is 0 Å². The third-order valence-electron chi connectivity index (χ3n) is 5.99. The number of hydrogen-bond donors (Lipinski definition) is 1. The third-order valence-corrected chi connectivity index (χ3v) is 5.99. The summed E-state index contributed by atoms with van der Waals surface area (Å²) in [6.07, 6.45) is 4.92. The van der Waals surface area contributed by atoms with Crippen LogP contribution in [0, 0.1) is 0 Å². The van der Waals surface area contributed by atoms with Gasteiger partial charge in [-0.25, -0.2) is 0 Å². The Bertz CT molecular complexity index is 1330. The summed E-state index contributed by atoms with van der Waals surface area (Å²) in [4.78, 5) is 32.1. The Balaban J connectivity index is 1.59. The van der Waals surface area contributed by atoms with Crippen LogP contribution in [-0.2, 0) is 16.1 Å². The van der Waals surface area contributed by atoms with Gasteiger partial charge in [0.2, 0.25) is 0 Å². The van der Waals surface area contributed by atoms with Gasteiger partial charge in [0, 0.05) is 24.5 Å². The summed E-state index contributed by atoms with van der Waals surface area (Å²) in [5, 5.41) is 11.3. The third kappa shape index (κ3) is 4.40. The highest BCUT2D eigenvalue weighted by molar-refractivity contribution is 6.46. The summed E-state index contributed by atoms with van der Waals surface area (Å²) in [6, 6.07) is 14.8. The minimum absolute atomic E-state index is 0.000304. The predicted molar refractivity (Wildman–Crippen MR) is 132 cm³/mol. The molecule has 0 bridgehead atoms. The molecule has 182 valence electrons. The maximum atomic E-state index is 13.3. The van der Waals surface area contributed by atoms with Gasteiger partial charge in [0.25, 0.3) is 11.7 Å². The molecule has 5 rings (SSSR count). The molecule has 3 heterocycles. The highest BCUT2D eigenvalue weighted by atomic mass is 16.6. The molecular formula is C28H24N2O6. The molecule has 2 aliphatic heterocycles. The minimum Gasteiger partial charge on any atom is -0.507 e. The molecule has 0 spiro atoms. The number of amides is 1. The van der Waals surface area contributed by atoms with Gasteiger partial charge in [-0.1, -0.05) is 30.9 Å². The number of nitrogens with zero attached hydrogens (tertiary/aromatic N) is 2. The molecule has 0 radical (unpaired) electrons. The summed E-state index contributed by atoms with van der Waals surface area (Å²) in [5.74, 6) is -0.0967. The molecule has 0 aliphatic carbocycles. The highest BCUT2D eigenvalue weighted by Gasteiger charge is 2.46. The molecule has 1 atom stereocenters. The summed E-state index contributed by atoms with van der Waals surface area (Å²) in [7, 11) is 0. The topological polar surface area (TPSA) is 98.2 Å². The van der Waals surface area contributed by atoms with E-state index in [-0.39, 0.29) is 17.9 Å². The van der Waals surface area contributed by atoms with Crippen LogP contribution in [0.1, 0.15) is 22.7 Å². The summed E-state index contributed by atoms with van der Waals surface area (Å²) >= 11 is 0. The maximum Gasteiger partial charge on any atom is 0.295 e. The Morgan fingerprint density at radius 3 is 2.61 bits per heavy atom. The van der Waals surface area contributed by atoms with Gasteiger partial charge in [0.15, 0.2) is 11.5 Å². The van der Waals surface area contributed by atoms with Gasteiger partial charge in [0.05, 0.1) is 11.6 Å². The van der Waals surface area contributed by atoms with E-state index in [0.717, 1.165) is 5.56 Å². The van der Waals surface area contributed by atoms with Gasteiger partial charge < -0.3 is 24.2 Å². The van der Waals surface area contributed by atoms with Gasteiger partial charge in [-0.05, 0) is 47.5 Å². The number of carbonyl (C=O) groups excluding carboxylic acids is 2. The van der Waals surface area contributed by atoms with Crippen LogP contribution >= 0.6 is 0 Å². The lowest BCUT2D eigenvalue weighted by molar-refractivity contribution is -0.140. The van der Waals surface area contributed by atoms with Crippen molar-refractivity contribution in [1.82, 2.24) is 9.88 Å². The molecule has 0 saturated carbocycles. The van der Waals surface area contributed by atoms with E-state index in [4.69, 9.17) is 14.2 Å². The van der Waals surface area contributed by atoms with Crippen molar-refractivity contribution < 1.29 is 28.9 Å². The van der Waals surface area contributed by atoms with E-state index < -0.39 is 17.7 Å². The van der Waals surface area contributed by atoms with Gasteiger partial charge in [-0.15, -0.1) is 0 Å². The van der Waals surface area contributed by atoms with E-state index >= 15 is 0 Å². The first-order valence-electron chi connectivity index (χ1n) is 11.5. The zero-order valence-corrected chi connectivity index (χ0v) is 19.4. The first kappa shape index (κ1) is 23.2. The van der Waals surface area contributed by atoms with Gasteiger partial charge in [0.1, 0.15) is 31.3 Å². The normalized spacial score (nSPS) is 18.2. The number of likely N-dealkylation sites (tertiary alicyclic amines) is 1. The molecular weight excluding hydrogens is 460 g/mol. The Hall–Kier alpha value is -4.59. The van der Waals surface area contributed by atoms with Gasteiger partial charge in [-0.2, -0.15) is 0 Å². The zero-order chi connectivity index (χ0) is 25.1. The van der Waals surface area contributed by atoms with E-state index in [2.05, 4.69) is 11.6 Å². The van der Waals surface area contributed by atoms with E-state index in [0.29, 0.717) is 48.2 Å². The number of fused-ring (bicyclic) bond motifs is 1. The number of benzene rings is 2. The van der Waals surface area contributed by atoms with Gasteiger partial charge >= 0.3 is 0 Å². The molecule has 1 N–H and O–H groups in total. The lowest BCUT2D eigenvalue weighted by Gasteiger charge is -2.25. The molecule has 2 aromatic carbocycles. The van der Waals surface area contributed by atoms with Crippen molar-refractivity contribution in [2.45, 2.75) is 12.6 Å². The molecule has 8 heteroatoms. The largest absolute Gasteiger partial charge is 0.507 e. The molecule has 36 heavy (non-hydrogen) atoms. The van der Waals surface area contributed by atoms with Crippen LogP contribution in [0.25, 0.3) is 5.76 Å². The number of rotatable bonds is 7. The summed E-state index contributed by atoms with van der Waals surface area (Å²) in [5.41, 5.74) is 1.77. The first-order valence-corrected chi connectivity index (χ1v) is 11.5. The van der Waals surface area contributed by atoms with Crippen molar-refractivity contribution in [2.75, 3.05) is 19.8 Å². The van der Waals surface area contributed by atoms with E-state index in [9.17, 15) is 14.7 Å². The maximum absolute atomic E-state index is 13.3. The van der Waals surface area contributed by atoms with Crippen LogP contribution in [0.4, 0.5) is 0 Å². The molecule has 1 amide bonds. The highest BCUT2D eigenvalue weighted by Crippen LogP contribution is 2.42. The van der Waals surface area contributed by atoms with Crippen LogP contribution in [-0.4, -0.2) is 46.5 Å². The number of aromatic nitrogens is 1. The Morgan fingerprint density at radius 1 is 1.11 bits per heavy atom. The summed E-state index contributed by atoms with van der Waals surface area (Å²) in [6.45, 7) is 4.96. The summed E-state index contributed by atoms with van der Waals surface area (Å²) < 4.78 is 16.8. The fraction of sp³-hybridized carbons (Fsp3) is 0.179. The fourth-order valence-corrected chi connectivity index (χ4v) is 4.33. The number of carbonyl (C=O) groups is 2. The number of aliphatic hydroxyl groups is 1. The molecule has 1 fully saturated rings. The second-order valence-corrected chi connectivity index (χ2v) is 8.32. The van der Waals surface area contributed by atoms with E-state index in [1.165, 1.54) is 4.90 Å². The van der Waals surface area contributed by atoms with Crippen LogP contribution in [0.2, 0.25) is 0 Å². The van der Waals surface area contributed by atoms with Crippen molar-refractivity contribution >= 4 is 17.4 Å². The van der Waals surface area contributed by atoms with Crippen LogP contribution in [0.15, 0.2) is 85.2 Å². The fourth-order valence-electron chi connectivity index (χ4n) is 4.33.